The molecule has 12 heteroatoms. The van der Waals surface area contributed by atoms with Gasteiger partial charge in [-0.3, -0.25) is 9.78 Å². The minimum Gasteiger partial charge on any atom is -0.414 e. The van der Waals surface area contributed by atoms with Crippen molar-refractivity contribution in [3.63, 3.8) is 0 Å². The lowest BCUT2D eigenvalue weighted by atomic mass is 9.99. The molecule has 0 saturated carbocycles. The molecule has 0 saturated heterocycles. The number of aliphatic hydroxyl groups is 1. The molecule has 1 amide bonds. The fraction of sp³-hybridized carbons (Fsp3) is 0.258. The predicted molar refractivity (Wildman–Crippen MR) is 160 cm³/mol. The molecule has 12 nitrogen and oxygen atoms in total. The Bertz CT molecular complexity index is 1740. The van der Waals surface area contributed by atoms with Crippen molar-refractivity contribution in [1.82, 2.24) is 35.0 Å². The van der Waals surface area contributed by atoms with Gasteiger partial charge in [0.25, 0.3) is 17.7 Å². The van der Waals surface area contributed by atoms with Crippen LogP contribution in [-0.2, 0) is 5.54 Å². The van der Waals surface area contributed by atoms with Crippen LogP contribution in [0.15, 0.2) is 77.5 Å². The van der Waals surface area contributed by atoms with E-state index in [1.54, 1.807) is 36.7 Å². The molecule has 0 radical (unpaired) electrons. The monoisotopic (exact) mass is 577 g/mol. The molecule has 218 valence electrons. The highest BCUT2D eigenvalue weighted by Gasteiger charge is 2.44. The van der Waals surface area contributed by atoms with Gasteiger partial charge in [-0.05, 0) is 50.1 Å². The molecule has 1 aliphatic heterocycles. The Morgan fingerprint density at radius 1 is 0.953 bits per heavy atom. The molecule has 5 aromatic rings. The second-order valence-electron chi connectivity index (χ2n) is 10.6. The first-order valence-corrected chi connectivity index (χ1v) is 14.0. The number of carbonyl (C=O) groups excluding carboxylic acids is 1. The summed E-state index contributed by atoms with van der Waals surface area (Å²) < 4.78 is 5.95. The zero-order valence-electron chi connectivity index (χ0n) is 24.0. The Balaban J connectivity index is 1.35. The second-order valence-corrected chi connectivity index (χ2v) is 10.6. The average molecular weight is 578 g/mol. The Kier molecular flexibility index (Phi) is 7.51. The lowest BCUT2D eigenvalue weighted by Crippen LogP contribution is -2.39. The van der Waals surface area contributed by atoms with Gasteiger partial charge in [-0.25, -0.2) is 9.97 Å². The predicted octanol–water partition coefficient (Wildman–Crippen LogP) is 4.97. The second kappa shape index (κ2) is 11.6. The van der Waals surface area contributed by atoms with Crippen LogP contribution in [0.2, 0.25) is 0 Å². The normalized spacial score (nSPS) is 14.4. The highest BCUT2D eigenvalue weighted by molar-refractivity contribution is 5.99. The summed E-state index contributed by atoms with van der Waals surface area (Å²) in [6.45, 7) is 6.50. The summed E-state index contributed by atoms with van der Waals surface area (Å²) >= 11 is 0. The van der Waals surface area contributed by atoms with Gasteiger partial charge in [-0.1, -0.05) is 43.3 Å². The molecule has 3 N–H and O–H groups in total. The zero-order valence-corrected chi connectivity index (χ0v) is 24.0. The quantitative estimate of drug-likeness (QED) is 0.206. The van der Waals surface area contributed by atoms with Gasteiger partial charge in [-0.15, -0.1) is 10.2 Å². The number of rotatable bonds is 10. The summed E-state index contributed by atoms with van der Waals surface area (Å²) in [5.41, 5.74) is 2.59. The van der Waals surface area contributed by atoms with Crippen molar-refractivity contribution in [3.8, 4) is 23.0 Å². The molecule has 0 bridgehead atoms. The summed E-state index contributed by atoms with van der Waals surface area (Å²) in [7, 11) is 0. The lowest BCUT2D eigenvalue weighted by Gasteiger charge is -2.31. The minimum absolute atomic E-state index is 0.0198. The van der Waals surface area contributed by atoms with Crippen molar-refractivity contribution < 1.29 is 14.3 Å². The summed E-state index contributed by atoms with van der Waals surface area (Å²) in [5.74, 6) is 1.53. The van der Waals surface area contributed by atoms with Crippen LogP contribution in [0.25, 0.3) is 23.0 Å². The van der Waals surface area contributed by atoms with Gasteiger partial charge in [0.2, 0.25) is 5.95 Å². The van der Waals surface area contributed by atoms with E-state index in [1.807, 2.05) is 62.1 Å². The van der Waals surface area contributed by atoms with Crippen molar-refractivity contribution in [2.45, 2.75) is 38.8 Å². The largest absolute Gasteiger partial charge is 0.414 e. The smallest absolute Gasteiger partial charge is 0.266 e. The van der Waals surface area contributed by atoms with E-state index in [0.717, 1.165) is 12.0 Å². The third kappa shape index (κ3) is 5.40. The fourth-order valence-electron chi connectivity index (χ4n) is 5.13. The maximum absolute atomic E-state index is 13.0. The molecule has 1 aliphatic rings. The van der Waals surface area contributed by atoms with E-state index < -0.39 is 11.6 Å². The van der Waals surface area contributed by atoms with Crippen molar-refractivity contribution in [2.24, 2.45) is 0 Å². The van der Waals surface area contributed by atoms with E-state index in [-0.39, 0.29) is 30.2 Å². The number of carbonyl (C=O) groups is 1. The molecular formula is C31H31N9O3. The van der Waals surface area contributed by atoms with Gasteiger partial charge >= 0.3 is 0 Å². The highest BCUT2D eigenvalue weighted by atomic mass is 16.4. The van der Waals surface area contributed by atoms with Gasteiger partial charge in [0, 0.05) is 18.9 Å². The highest BCUT2D eigenvalue weighted by Crippen LogP contribution is 2.38. The third-order valence-corrected chi connectivity index (χ3v) is 7.34. The van der Waals surface area contributed by atoms with Crippen LogP contribution in [0, 0.1) is 0 Å². The summed E-state index contributed by atoms with van der Waals surface area (Å²) in [6.07, 6.45) is 4.06. The van der Waals surface area contributed by atoms with E-state index in [1.165, 1.54) is 0 Å². The maximum atomic E-state index is 13.0. The molecular weight excluding hydrogens is 546 g/mol. The van der Waals surface area contributed by atoms with Gasteiger partial charge in [0.05, 0.1) is 35.0 Å². The van der Waals surface area contributed by atoms with Crippen molar-refractivity contribution >= 4 is 23.5 Å². The maximum Gasteiger partial charge on any atom is 0.266 e. The molecule has 43 heavy (non-hydrogen) atoms. The number of hydrogen-bond acceptors (Lipinski definition) is 11. The van der Waals surface area contributed by atoms with Crippen molar-refractivity contribution in [3.05, 3.63) is 89.9 Å². The van der Waals surface area contributed by atoms with E-state index in [9.17, 15) is 9.90 Å². The van der Waals surface area contributed by atoms with Gasteiger partial charge < -0.3 is 25.1 Å². The standard InChI is InChI=1S/C31H31N9O3/c1-4-16-40-29(42)20-13-14-24(35-25(20)31(40,2)3)36-30-33-17-21(27-38-39-28(43-27)22-12-8-9-15-32-22)26(37-30)34-23(18-41)19-10-6-5-7-11-19/h5-15,17,23,41H,4,16,18H2,1-3H3,(H2,33,34,35,36,37)/t23-/m1/s1. The SMILES string of the molecule is CCCN1C(=O)c2ccc(Nc3ncc(-c4nnc(-c5ccccn5)o4)c(N[C@H](CO)c4ccccc4)n3)nc2C1(C)C. The van der Waals surface area contributed by atoms with E-state index in [2.05, 4.69) is 30.8 Å². The molecule has 1 aromatic carbocycles. The first-order chi connectivity index (χ1) is 20.9. The number of nitrogens with one attached hydrogen (secondary N) is 2. The number of fused-ring (bicyclic) bond motifs is 1. The molecule has 0 aliphatic carbocycles. The Morgan fingerprint density at radius 3 is 2.49 bits per heavy atom. The average Bonchev–Trinajstić information content (AvgIpc) is 3.59. The number of nitrogens with zero attached hydrogens (tertiary/aromatic N) is 7. The van der Waals surface area contributed by atoms with Crippen LogP contribution < -0.4 is 10.6 Å². The van der Waals surface area contributed by atoms with Crippen LogP contribution in [0.3, 0.4) is 0 Å². The van der Waals surface area contributed by atoms with E-state index >= 15 is 0 Å². The Labute approximate surface area is 248 Å². The molecule has 0 spiro atoms. The van der Waals surface area contributed by atoms with Crippen molar-refractivity contribution in [1.29, 1.82) is 0 Å². The topological polar surface area (TPSA) is 155 Å². The minimum atomic E-state index is -0.551. The first-order valence-electron chi connectivity index (χ1n) is 14.0. The number of aliphatic hydroxyl groups excluding tert-OH is 1. The van der Waals surface area contributed by atoms with Gasteiger partial charge in [0.1, 0.15) is 17.3 Å². The zero-order chi connectivity index (χ0) is 30.0. The number of pyridine rings is 2. The van der Waals surface area contributed by atoms with Crippen molar-refractivity contribution in [2.75, 3.05) is 23.8 Å². The number of benzene rings is 1. The summed E-state index contributed by atoms with van der Waals surface area (Å²) in [4.78, 5) is 33.2. The third-order valence-electron chi connectivity index (χ3n) is 7.34. The number of amides is 1. The lowest BCUT2D eigenvalue weighted by molar-refractivity contribution is 0.0615. The first kappa shape index (κ1) is 27.9. The number of anilines is 3. The number of aromatic nitrogens is 6. The summed E-state index contributed by atoms with van der Waals surface area (Å²) in [5, 5.41) is 25.1. The van der Waals surface area contributed by atoms with Crippen LogP contribution in [-0.4, -0.2) is 59.2 Å². The van der Waals surface area contributed by atoms with Gasteiger partial charge in [0.15, 0.2) is 0 Å². The molecule has 1 atom stereocenters. The Morgan fingerprint density at radius 2 is 1.74 bits per heavy atom. The van der Waals surface area contributed by atoms with E-state index in [4.69, 9.17) is 14.4 Å². The Hall–Kier alpha value is -5.23. The molecule has 4 aromatic heterocycles. The molecule has 0 unspecified atom stereocenters. The molecule has 5 heterocycles. The number of hydrogen-bond donors (Lipinski definition) is 3. The van der Waals surface area contributed by atoms with E-state index in [0.29, 0.717) is 40.7 Å². The molecule has 6 rings (SSSR count). The fourth-order valence-corrected chi connectivity index (χ4v) is 5.13. The van der Waals surface area contributed by atoms with Crippen LogP contribution >= 0.6 is 0 Å². The molecule has 0 fully saturated rings. The van der Waals surface area contributed by atoms with Crippen LogP contribution in [0.4, 0.5) is 17.6 Å². The summed E-state index contributed by atoms with van der Waals surface area (Å²) in [6, 6.07) is 18.0. The van der Waals surface area contributed by atoms with Gasteiger partial charge in [-0.2, -0.15) is 4.98 Å². The van der Waals surface area contributed by atoms with Crippen LogP contribution in [0.1, 0.15) is 54.8 Å². The van der Waals surface area contributed by atoms with Crippen LogP contribution in [0.5, 0.6) is 0 Å².